The van der Waals surface area contributed by atoms with Gasteiger partial charge in [0.2, 0.25) is 0 Å². The molecule has 2 N–H and O–H groups in total. The quantitative estimate of drug-likeness (QED) is 0.821. The fourth-order valence-electron chi connectivity index (χ4n) is 1.67. The number of esters is 1. The molecule has 0 saturated carbocycles. The van der Waals surface area contributed by atoms with Crippen molar-refractivity contribution in [2.45, 2.75) is 25.0 Å². The maximum absolute atomic E-state index is 12.0. The van der Waals surface area contributed by atoms with Crippen molar-refractivity contribution >= 4 is 16.0 Å². The van der Waals surface area contributed by atoms with Crippen LogP contribution in [0.4, 0.5) is 0 Å². The Kier molecular flexibility index (Phi) is 4.05. The van der Waals surface area contributed by atoms with Gasteiger partial charge in [0.25, 0.3) is 10.0 Å². The second kappa shape index (κ2) is 5.62. The summed E-state index contributed by atoms with van der Waals surface area (Å²) >= 11 is 0. The fraction of sp³-hybridized carbons (Fsp3) is 0.250. The molecule has 0 fully saturated rings. The van der Waals surface area contributed by atoms with Gasteiger partial charge >= 0.3 is 5.97 Å². The maximum atomic E-state index is 12.0. The van der Waals surface area contributed by atoms with Gasteiger partial charge in [0.05, 0.1) is 12.3 Å². The minimum absolute atomic E-state index is 0.225. The standard InChI is InChI=1S/C12H14N4O4S/c1-8(2)20-12(17)9-7-15-16(11(9)21(13,18)19)10-5-3-4-6-14-10/h3-8H,1-2H3,(H2,13,18,19). The van der Waals surface area contributed by atoms with Gasteiger partial charge < -0.3 is 4.74 Å². The third-order valence-electron chi connectivity index (χ3n) is 2.42. The molecule has 0 radical (unpaired) electrons. The van der Waals surface area contributed by atoms with E-state index in [0.717, 1.165) is 10.9 Å². The molecule has 0 unspecified atom stereocenters. The number of nitrogens with two attached hydrogens (primary N) is 1. The summed E-state index contributed by atoms with van der Waals surface area (Å²) in [6.07, 6.45) is 2.17. The van der Waals surface area contributed by atoms with Crippen LogP contribution in [-0.2, 0) is 14.8 Å². The Hall–Kier alpha value is -2.26. The Bertz CT molecular complexity index is 753. The van der Waals surface area contributed by atoms with E-state index in [1.165, 1.54) is 6.20 Å². The molecule has 0 amide bonds. The first-order chi connectivity index (χ1) is 9.80. The smallest absolute Gasteiger partial charge is 0.343 e. The van der Waals surface area contributed by atoms with Gasteiger partial charge in [-0.15, -0.1) is 0 Å². The molecule has 9 heteroatoms. The summed E-state index contributed by atoms with van der Waals surface area (Å²) in [5.74, 6) is -0.582. The molecular weight excluding hydrogens is 296 g/mol. The number of carbonyl (C=O) groups excluding carboxylic acids is 1. The lowest BCUT2D eigenvalue weighted by atomic mass is 10.3. The number of hydrogen-bond acceptors (Lipinski definition) is 6. The molecule has 2 heterocycles. The number of primary sulfonamides is 1. The predicted octanol–water partition coefficient (Wildman–Crippen LogP) is 0.480. The number of pyridine rings is 1. The van der Waals surface area contributed by atoms with Gasteiger partial charge in [-0.05, 0) is 26.0 Å². The van der Waals surface area contributed by atoms with Crippen LogP contribution in [0, 0.1) is 0 Å². The minimum Gasteiger partial charge on any atom is -0.459 e. The van der Waals surface area contributed by atoms with Crippen molar-refractivity contribution in [2.75, 3.05) is 0 Å². The van der Waals surface area contributed by atoms with Gasteiger partial charge in [0, 0.05) is 6.20 Å². The molecule has 8 nitrogen and oxygen atoms in total. The van der Waals surface area contributed by atoms with Gasteiger partial charge in [-0.25, -0.2) is 28.0 Å². The Morgan fingerprint density at radius 1 is 1.38 bits per heavy atom. The van der Waals surface area contributed by atoms with E-state index < -0.39 is 27.1 Å². The largest absolute Gasteiger partial charge is 0.459 e. The van der Waals surface area contributed by atoms with Crippen molar-refractivity contribution in [1.82, 2.24) is 14.8 Å². The summed E-state index contributed by atoms with van der Waals surface area (Å²) in [5, 5.41) is 8.61. The highest BCUT2D eigenvalue weighted by Gasteiger charge is 2.28. The highest BCUT2D eigenvalue weighted by molar-refractivity contribution is 7.89. The third-order valence-corrected chi connectivity index (χ3v) is 3.36. The van der Waals surface area contributed by atoms with Crippen LogP contribution >= 0.6 is 0 Å². The molecule has 21 heavy (non-hydrogen) atoms. The summed E-state index contributed by atoms with van der Waals surface area (Å²) in [5.41, 5.74) is -0.225. The summed E-state index contributed by atoms with van der Waals surface area (Å²) < 4.78 is 29.5. The first kappa shape index (κ1) is 15.1. The molecule has 0 aliphatic rings. The zero-order valence-electron chi connectivity index (χ0n) is 11.4. The van der Waals surface area contributed by atoms with E-state index in [1.807, 2.05) is 0 Å². The van der Waals surface area contributed by atoms with Crippen molar-refractivity contribution in [1.29, 1.82) is 0 Å². The molecule has 0 atom stereocenters. The molecule has 0 bridgehead atoms. The van der Waals surface area contributed by atoms with Crippen LogP contribution in [0.15, 0.2) is 35.6 Å². The summed E-state index contributed by atoms with van der Waals surface area (Å²) in [6, 6.07) is 4.86. The lowest BCUT2D eigenvalue weighted by Gasteiger charge is -2.09. The molecule has 2 aromatic heterocycles. The third kappa shape index (κ3) is 3.26. The monoisotopic (exact) mass is 310 g/mol. The van der Waals surface area contributed by atoms with Crippen molar-refractivity contribution in [3.63, 3.8) is 0 Å². The van der Waals surface area contributed by atoms with E-state index in [9.17, 15) is 13.2 Å². The van der Waals surface area contributed by atoms with Crippen LogP contribution < -0.4 is 5.14 Å². The predicted molar refractivity (Wildman–Crippen MR) is 73.3 cm³/mol. The minimum atomic E-state index is -4.19. The van der Waals surface area contributed by atoms with Crippen molar-refractivity contribution in [2.24, 2.45) is 5.14 Å². The van der Waals surface area contributed by atoms with Crippen LogP contribution in [0.1, 0.15) is 24.2 Å². The molecule has 112 valence electrons. The van der Waals surface area contributed by atoms with Gasteiger partial charge in [0.1, 0.15) is 5.56 Å². The fourth-order valence-corrected chi connectivity index (χ4v) is 2.50. The van der Waals surface area contributed by atoms with Crippen LogP contribution in [-0.4, -0.2) is 35.3 Å². The number of rotatable bonds is 4. The Morgan fingerprint density at radius 2 is 2.10 bits per heavy atom. The number of nitrogens with zero attached hydrogens (tertiary/aromatic N) is 3. The Morgan fingerprint density at radius 3 is 2.62 bits per heavy atom. The number of aromatic nitrogens is 3. The van der Waals surface area contributed by atoms with Gasteiger partial charge in [0.15, 0.2) is 10.8 Å². The van der Waals surface area contributed by atoms with Crippen LogP contribution in [0.2, 0.25) is 0 Å². The second-order valence-corrected chi connectivity index (χ2v) is 5.94. The van der Waals surface area contributed by atoms with E-state index in [4.69, 9.17) is 9.88 Å². The zero-order valence-corrected chi connectivity index (χ0v) is 12.2. The molecule has 0 spiro atoms. The Labute approximate surface area is 121 Å². The van der Waals surface area contributed by atoms with Crippen LogP contribution in [0.25, 0.3) is 5.82 Å². The zero-order chi connectivity index (χ0) is 15.6. The van der Waals surface area contributed by atoms with Crippen molar-refractivity contribution in [3.8, 4) is 5.82 Å². The lowest BCUT2D eigenvalue weighted by Crippen LogP contribution is -2.22. The topological polar surface area (TPSA) is 117 Å². The highest BCUT2D eigenvalue weighted by atomic mass is 32.2. The first-order valence-electron chi connectivity index (χ1n) is 6.04. The van der Waals surface area contributed by atoms with Gasteiger partial charge in [-0.3, -0.25) is 0 Å². The average Bonchev–Trinajstić information content (AvgIpc) is 2.83. The van der Waals surface area contributed by atoms with E-state index >= 15 is 0 Å². The molecule has 0 aromatic carbocycles. The van der Waals surface area contributed by atoms with E-state index in [1.54, 1.807) is 32.0 Å². The average molecular weight is 310 g/mol. The Balaban J connectivity index is 2.60. The first-order valence-corrected chi connectivity index (χ1v) is 7.58. The molecule has 2 aromatic rings. The van der Waals surface area contributed by atoms with E-state index in [-0.39, 0.29) is 11.4 Å². The second-order valence-electron chi connectivity index (χ2n) is 4.46. The van der Waals surface area contributed by atoms with Crippen LogP contribution in [0.3, 0.4) is 0 Å². The number of carbonyl (C=O) groups is 1. The summed E-state index contributed by atoms with van der Waals surface area (Å²) in [6.45, 7) is 3.30. The van der Waals surface area contributed by atoms with E-state index in [0.29, 0.717) is 0 Å². The molecule has 0 aliphatic heterocycles. The normalized spacial score (nSPS) is 11.6. The SMILES string of the molecule is CC(C)OC(=O)c1cnn(-c2ccccn2)c1S(N)(=O)=O. The number of ether oxygens (including phenoxy) is 1. The molecule has 0 saturated heterocycles. The molecule has 2 rings (SSSR count). The van der Waals surface area contributed by atoms with Crippen molar-refractivity contribution < 1.29 is 17.9 Å². The van der Waals surface area contributed by atoms with Gasteiger partial charge in [-0.2, -0.15) is 5.10 Å². The molecule has 0 aliphatic carbocycles. The lowest BCUT2D eigenvalue weighted by molar-refractivity contribution is 0.0373. The number of hydrogen-bond donors (Lipinski definition) is 1. The molecular formula is C12H14N4O4S. The maximum Gasteiger partial charge on any atom is 0.343 e. The van der Waals surface area contributed by atoms with Gasteiger partial charge in [-0.1, -0.05) is 6.07 Å². The van der Waals surface area contributed by atoms with Crippen LogP contribution in [0.5, 0.6) is 0 Å². The van der Waals surface area contributed by atoms with E-state index in [2.05, 4.69) is 10.1 Å². The summed E-state index contributed by atoms with van der Waals surface area (Å²) in [4.78, 5) is 15.9. The highest BCUT2D eigenvalue weighted by Crippen LogP contribution is 2.19. The van der Waals surface area contributed by atoms with Crippen molar-refractivity contribution in [3.05, 3.63) is 36.2 Å². The summed E-state index contributed by atoms with van der Waals surface area (Å²) in [7, 11) is -4.19. The number of sulfonamides is 1.